The molecule has 0 saturated carbocycles. The highest BCUT2D eigenvalue weighted by molar-refractivity contribution is 8.00. The number of thioether (sulfide) groups is 1. The summed E-state index contributed by atoms with van der Waals surface area (Å²) in [6.45, 7) is 8.08. The largest absolute Gasteiger partial charge is 0.395 e. The maximum absolute atomic E-state index is 8.75. The van der Waals surface area contributed by atoms with E-state index in [1.54, 1.807) is 0 Å². The van der Waals surface area contributed by atoms with Crippen LogP contribution in [0.2, 0.25) is 0 Å². The van der Waals surface area contributed by atoms with Crippen molar-refractivity contribution in [3.63, 3.8) is 0 Å². The molecule has 1 aromatic rings. The Labute approximate surface area is 126 Å². The Morgan fingerprint density at radius 3 is 2.75 bits per heavy atom. The summed E-state index contributed by atoms with van der Waals surface area (Å²) >= 11 is 2.08. The maximum atomic E-state index is 8.75. The van der Waals surface area contributed by atoms with Crippen molar-refractivity contribution in [3.05, 3.63) is 35.4 Å². The van der Waals surface area contributed by atoms with Crippen molar-refractivity contribution >= 4 is 11.8 Å². The van der Waals surface area contributed by atoms with E-state index in [0.717, 1.165) is 25.2 Å². The summed E-state index contributed by atoms with van der Waals surface area (Å²) in [5.41, 5.74) is 2.37. The van der Waals surface area contributed by atoms with Crippen LogP contribution in [-0.4, -0.2) is 40.2 Å². The highest BCUT2D eigenvalue weighted by atomic mass is 32.2. The van der Waals surface area contributed by atoms with Gasteiger partial charge in [-0.25, -0.2) is 0 Å². The fourth-order valence-electron chi connectivity index (χ4n) is 2.64. The molecule has 2 nitrogen and oxygen atoms in total. The van der Waals surface area contributed by atoms with Gasteiger partial charge >= 0.3 is 0 Å². The van der Waals surface area contributed by atoms with Crippen LogP contribution in [0.3, 0.4) is 0 Å². The Hall–Kier alpha value is -0.950. The molecule has 0 amide bonds. The standard InChI is InChI=1S/C17H23NOS/c1-14-11-18(12-15(2)20-14)13-17-8-5-7-16(10-17)6-3-4-9-19/h5,7-8,10,14-15,19H,4,9,11-13H2,1-2H3. The van der Waals surface area contributed by atoms with Crippen LogP contribution in [0.5, 0.6) is 0 Å². The Morgan fingerprint density at radius 2 is 2.05 bits per heavy atom. The summed E-state index contributed by atoms with van der Waals surface area (Å²) in [6, 6.07) is 8.45. The van der Waals surface area contributed by atoms with Crippen molar-refractivity contribution in [2.45, 2.75) is 37.3 Å². The van der Waals surface area contributed by atoms with Crippen LogP contribution in [0, 0.1) is 11.8 Å². The SMILES string of the molecule is CC1CN(Cc2cccc(C#CCCO)c2)CC(C)S1. The highest BCUT2D eigenvalue weighted by Gasteiger charge is 2.21. The first-order valence-corrected chi connectivity index (χ1v) is 8.18. The molecule has 0 spiro atoms. The second-order valence-corrected chi connectivity index (χ2v) is 7.31. The molecular formula is C17H23NOS. The van der Waals surface area contributed by atoms with Crippen LogP contribution in [0.25, 0.3) is 0 Å². The Morgan fingerprint density at radius 1 is 1.30 bits per heavy atom. The van der Waals surface area contributed by atoms with Gasteiger partial charge in [0.05, 0.1) is 6.61 Å². The smallest absolute Gasteiger partial charge is 0.0540 e. The lowest BCUT2D eigenvalue weighted by Crippen LogP contribution is -2.39. The molecule has 1 aliphatic rings. The maximum Gasteiger partial charge on any atom is 0.0540 e. The quantitative estimate of drug-likeness (QED) is 0.866. The lowest BCUT2D eigenvalue weighted by molar-refractivity contribution is 0.263. The van der Waals surface area contributed by atoms with Gasteiger partial charge in [-0.1, -0.05) is 37.8 Å². The zero-order chi connectivity index (χ0) is 14.4. The molecule has 3 heteroatoms. The van der Waals surface area contributed by atoms with E-state index in [-0.39, 0.29) is 6.61 Å². The van der Waals surface area contributed by atoms with Gasteiger partial charge in [0, 0.05) is 42.1 Å². The van der Waals surface area contributed by atoms with E-state index in [4.69, 9.17) is 5.11 Å². The Balaban J connectivity index is 1.99. The fourth-order valence-corrected chi connectivity index (χ4v) is 4.03. The van der Waals surface area contributed by atoms with Gasteiger partial charge in [0.1, 0.15) is 0 Å². The van der Waals surface area contributed by atoms with Gasteiger partial charge in [0.2, 0.25) is 0 Å². The lowest BCUT2D eigenvalue weighted by Gasteiger charge is -2.34. The van der Waals surface area contributed by atoms with Gasteiger partial charge in [0.25, 0.3) is 0 Å². The Bertz CT molecular complexity index is 481. The molecule has 1 saturated heterocycles. The number of hydrogen-bond donors (Lipinski definition) is 1. The predicted octanol–water partition coefficient (Wildman–Crippen LogP) is 2.75. The van der Waals surface area contributed by atoms with Gasteiger partial charge in [-0.3, -0.25) is 4.90 Å². The van der Waals surface area contributed by atoms with Crippen molar-refractivity contribution in [2.24, 2.45) is 0 Å². The van der Waals surface area contributed by atoms with Gasteiger partial charge in [0.15, 0.2) is 0 Å². The monoisotopic (exact) mass is 289 g/mol. The van der Waals surface area contributed by atoms with Gasteiger partial charge < -0.3 is 5.11 Å². The zero-order valence-electron chi connectivity index (χ0n) is 12.3. The van der Waals surface area contributed by atoms with E-state index < -0.39 is 0 Å². The number of aliphatic hydroxyl groups is 1. The highest BCUT2D eigenvalue weighted by Crippen LogP contribution is 2.25. The molecule has 1 heterocycles. The first kappa shape index (κ1) is 15.4. The third-order valence-electron chi connectivity index (χ3n) is 3.30. The number of aliphatic hydroxyl groups excluding tert-OH is 1. The summed E-state index contributed by atoms with van der Waals surface area (Å²) in [5.74, 6) is 6.09. The summed E-state index contributed by atoms with van der Waals surface area (Å²) in [7, 11) is 0. The summed E-state index contributed by atoms with van der Waals surface area (Å²) in [4.78, 5) is 2.53. The van der Waals surface area contributed by atoms with Crippen molar-refractivity contribution < 1.29 is 5.11 Å². The van der Waals surface area contributed by atoms with Crippen molar-refractivity contribution in [1.82, 2.24) is 4.90 Å². The molecule has 108 valence electrons. The van der Waals surface area contributed by atoms with Crippen molar-refractivity contribution in [2.75, 3.05) is 19.7 Å². The van der Waals surface area contributed by atoms with E-state index in [2.05, 4.69) is 60.5 Å². The molecule has 1 fully saturated rings. The first-order chi connectivity index (χ1) is 9.67. The molecule has 2 unspecified atom stereocenters. The minimum Gasteiger partial charge on any atom is -0.395 e. The molecule has 20 heavy (non-hydrogen) atoms. The molecule has 0 aliphatic carbocycles. The number of hydrogen-bond acceptors (Lipinski definition) is 3. The molecule has 0 radical (unpaired) electrons. The predicted molar refractivity (Wildman–Crippen MR) is 86.8 cm³/mol. The van der Waals surface area contributed by atoms with E-state index in [9.17, 15) is 0 Å². The minimum absolute atomic E-state index is 0.133. The molecule has 1 aromatic carbocycles. The number of rotatable bonds is 3. The molecule has 2 atom stereocenters. The molecule has 0 bridgehead atoms. The van der Waals surface area contributed by atoms with Crippen molar-refractivity contribution in [3.8, 4) is 11.8 Å². The average molecular weight is 289 g/mol. The van der Waals surface area contributed by atoms with E-state index in [1.807, 2.05) is 6.07 Å². The van der Waals surface area contributed by atoms with Crippen LogP contribution < -0.4 is 0 Å². The van der Waals surface area contributed by atoms with Crippen molar-refractivity contribution in [1.29, 1.82) is 0 Å². The van der Waals surface area contributed by atoms with E-state index in [0.29, 0.717) is 16.9 Å². The molecule has 1 aliphatic heterocycles. The number of nitrogens with zero attached hydrogens (tertiary/aromatic N) is 1. The summed E-state index contributed by atoms with van der Waals surface area (Å²) in [6.07, 6.45) is 0.544. The molecule has 2 rings (SSSR count). The zero-order valence-corrected chi connectivity index (χ0v) is 13.1. The number of benzene rings is 1. The Kier molecular flexibility index (Phi) is 5.97. The normalized spacial score (nSPS) is 23.1. The van der Waals surface area contributed by atoms with E-state index in [1.165, 1.54) is 5.56 Å². The van der Waals surface area contributed by atoms with Crippen LogP contribution in [-0.2, 0) is 6.54 Å². The third-order valence-corrected chi connectivity index (χ3v) is 4.53. The van der Waals surface area contributed by atoms with Crippen LogP contribution in [0.4, 0.5) is 0 Å². The topological polar surface area (TPSA) is 23.5 Å². The van der Waals surface area contributed by atoms with E-state index >= 15 is 0 Å². The van der Waals surface area contributed by atoms with Crippen LogP contribution in [0.1, 0.15) is 31.4 Å². The second kappa shape index (κ2) is 7.73. The van der Waals surface area contributed by atoms with Crippen LogP contribution >= 0.6 is 11.8 Å². The van der Waals surface area contributed by atoms with Gasteiger partial charge in [-0.05, 0) is 17.7 Å². The minimum atomic E-state index is 0.133. The summed E-state index contributed by atoms with van der Waals surface area (Å²) < 4.78 is 0. The fraction of sp³-hybridized carbons (Fsp3) is 0.529. The molecular weight excluding hydrogens is 266 g/mol. The first-order valence-electron chi connectivity index (χ1n) is 7.24. The summed E-state index contributed by atoms with van der Waals surface area (Å²) in [5, 5.41) is 10.2. The molecule has 1 N–H and O–H groups in total. The van der Waals surface area contributed by atoms with Crippen LogP contribution in [0.15, 0.2) is 24.3 Å². The second-order valence-electron chi connectivity index (χ2n) is 5.43. The van der Waals surface area contributed by atoms with Gasteiger partial charge in [-0.15, -0.1) is 0 Å². The lowest BCUT2D eigenvalue weighted by atomic mass is 10.1. The average Bonchev–Trinajstić information content (AvgIpc) is 2.38. The van der Waals surface area contributed by atoms with Gasteiger partial charge in [-0.2, -0.15) is 11.8 Å². The third kappa shape index (κ3) is 4.86. The molecule has 0 aromatic heterocycles.